The van der Waals surface area contributed by atoms with Gasteiger partial charge in [0.1, 0.15) is 0 Å². The number of rotatable bonds is 9. The van der Waals surface area contributed by atoms with Crippen molar-refractivity contribution in [3.05, 3.63) is 318 Å². The Morgan fingerprint density at radius 3 is 0.855 bits per heavy atom. The van der Waals surface area contributed by atoms with Gasteiger partial charge in [-0.2, -0.15) is 0 Å². The molecular formula is C71H49N5. The van der Waals surface area contributed by atoms with Crippen LogP contribution in [0.4, 0.5) is 34.1 Å². The molecule has 2 aliphatic rings. The summed E-state index contributed by atoms with van der Waals surface area (Å²) in [6, 6.07) is 102. The van der Waals surface area contributed by atoms with Gasteiger partial charge in [0.25, 0.3) is 0 Å². The SMILES string of the molecule is c1ccc(-c2nc(-c3cccc(-c4ccccc4)c3N3c4ccccc4C(c4ccccc4)c4ccccc43)nc(-c3cccc(-c4ccccc4)c3N3c4ccccc4C(c4ccccc4)c4ccccc43)n2)cc1. The number of anilines is 6. The van der Waals surface area contributed by atoms with E-state index in [2.05, 4.69) is 289 Å². The zero-order valence-electron chi connectivity index (χ0n) is 41.5. The highest BCUT2D eigenvalue weighted by Crippen LogP contribution is 2.57. The van der Waals surface area contributed by atoms with Gasteiger partial charge < -0.3 is 9.80 Å². The van der Waals surface area contributed by atoms with Crippen molar-refractivity contribution >= 4 is 34.1 Å². The Kier molecular flexibility index (Phi) is 11.3. The van der Waals surface area contributed by atoms with Crippen LogP contribution in [0.2, 0.25) is 0 Å². The molecule has 0 fully saturated rings. The summed E-state index contributed by atoms with van der Waals surface area (Å²) in [5.74, 6) is 1.76. The molecule has 0 unspecified atom stereocenters. The highest BCUT2D eigenvalue weighted by atomic mass is 15.2. The molecule has 358 valence electrons. The summed E-state index contributed by atoms with van der Waals surface area (Å²) in [6.45, 7) is 0. The fourth-order valence-electron chi connectivity index (χ4n) is 11.8. The standard InChI is InChI=1S/C71H49N5/c1-6-26-48(27-7-1)53-40-24-42-59(67(53)75-61-44-20-16-36-55(61)65(50-30-10-3-11-31-50)56-37-17-21-45-62(56)75)70-72-69(52-34-14-5-15-35-52)73-71(74-70)60-43-25-41-54(49-28-8-2-9-29-49)68(60)76-63-46-22-18-38-57(63)66(51-32-12-4-13-33-51)58-39-19-23-47-64(58)76/h1-47,65-66H. The Balaban J connectivity index is 1.05. The van der Waals surface area contributed by atoms with Crippen molar-refractivity contribution in [3.8, 4) is 56.4 Å². The molecule has 3 heterocycles. The number of nitrogens with zero attached hydrogens (tertiary/aromatic N) is 5. The summed E-state index contributed by atoms with van der Waals surface area (Å²) in [6.07, 6.45) is 0. The van der Waals surface area contributed by atoms with Crippen molar-refractivity contribution in [2.75, 3.05) is 9.80 Å². The van der Waals surface area contributed by atoms with Crippen LogP contribution in [-0.2, 0) is 0 Å². The molecule has 14 rings (SSSR count). The highest BCUT2D eigenvalue weighted by Gasteiger charge is 2.37. The molecule has 0 spiro atoms. The summed E-state index contributed by atoms with van der Waals surface area (Å²) in [4.78, 5) is 21.7. The maximum Gasteiger partial charge on any atom is 0.166 e. The number of hydrogen-bond acceptors (Lipinski definition) is 5. The van der Waals surface area contributed by atoms with Crippen LogP contribution in [0.25, 0.3) is 56.4 Å². The average Bonchev–Trinajstić information content (AvgIpc) is 3.50. The Labute approximate surface area is 443 Å². The van der Waals surface area contributed by atoms with E-state index in [9.17, 15) is 0 Å². The normalized spacial score (nSPS) is 12.8. The molecule has 12 aromatic rings. The number of hydrogen-bond donors (Lipinski definition) is 0. The predicted octanol–water partition coefficient (Wildman–Crippen LogP) is 18.1. The second-order valence-electron chi connectivity index (χ2n) is 19.4. The van der Waals surface area contributed by atoms with Crippen molar-refractivity contribution in [1.29, 1.82) is 0 Å². The van der Waals surface area contributed by atoms with Crippen LogP contribution in [0.5, 0.6) is 0 Å². The molecule has 5 nitrogen and oxygen atoms in total. The minimum Gasteiger partial charge on any atom is -0.309 e. The molecule has 0 radical (unpaired) electrons. The van der Waals surface area contributed by atoms with Crippen molar-refractivity contribution < 1.29 is 0 Å². The highest BCUT2D eigenvalue weighted by molar-refractivity contribution is 6.01. The zero-order valence-corrected chi connectivity index (χ0v) is 41.5. The molecule has 0 atom stereocenters. The monoisotopic (exact) mass is 971 g/mol. The summed E-state index contributed by atoms with van der Waals surface area (Å²) in [7, 11) is 0. The first kappa shape index (κ1) is 44.7. The average molecular weight is 972 g/mol. The quantitative estimate of drug-likeness (QED) is 0.144. The van der Waals surface area contributed by atoms with Crippen molar-refractivity contribution in [3.63, 3.8) is 0 Å². The molecular weight excluding hydrogens is 923 g/mol. The van der Waals surface area contributed by atoms with E-state index in [1.54, 1.807) is 0 Å². The lowest BCUT2D eigenvalue weighted by Crippen LogP contribution is -2.23. The molecule has 0 aliphatic carbocycles. The van der Waals surface area contributed by atoms with Gasteiger partial charge in [-0.3, -0.25) is 0 Å². The van der Waals surface area contributed by atoms with Crippen LogP contribution in [0, 0.1) is 0 Å². The zero-order chi connectivity index (χ0) is 50.4. The minimum absolute atomic E-state index is 0.0222. The molecule has 0 saturated heterocycles. The van der Waals surface area contributed by atoms with Crippen molar-refractivity contribution in [1.82, 2.24) is 15.0 Å². The van der Waals surface area contributed by atoms with E-state index in [4.69, 9.17) is 15.0 Å². The largest absolute Gasteiger partial charge is 0.309 e. The molecule has 76 heavy (non-hydrogen) atoms. The fraction of sp³-hybridized carbons (Fsp3) is 0.0282. The van der Waals surface area contributed by atoms with E-state index >= 15 is 0 Å². The van der Waals surface area contributed by atoms with Gasteiger partial charge in [0.05, 0.1) is 34.1 Å². The van der Waals surface area contributed by atoms with E-state index in [0.717, 1.165) is 73.1 Å². The van der Waals surface area contributed by atoms with Crippen LogP contribution < -0.4 is 9.80 Å². The van der Waals surface area contributed by atoms with Gasteiger partial charge in [0.15, 0.2) is 17.5 Å². The van der Waals surface area contributed by atoms with Gasteiger partial charge in [-0.25, -0.2) is 15.0 Å². The number of fused-ring (bicyclic) bond motifs is 4. The van der Waals surface area contributed by atoms with Gasteiger partial charge in [0, 0.05) is 39.7 Å². The van der Waals surface area contributed by atoms with Crippen LogP contribution in [-0.4, -0.2) is 15.0 Å². The number of benzene rings is 11. The van der Waals surface area contributed by atoms with Crippen LogP contribution in [0.3, 0.4) is 0 Å². The Morgan fingerprint density at radius 1 is 0.224 bits per heavy atom. The smallest absolute Gasteiger partial charge is 0.166 e. The maximum atomic E-state index is 5.75. The van der Waals surface area contributed by atoms with E-state index in [0.29, 0.717) is 17.5 Å². The van der Waals surface area contributed by atoms with Crippen LogP contribution in [0.1, 0.15) is 45.2 Å². The Bertz CT molecular complexity index is 3730. The summed E-state index contributed by atoms with van der Waals surface area (Å²) in [5, 5.41) is 0. The third kappa shape index (κ3) is 7.68. The fourth-order valence-corrected chi connectivity index (χ4v) is 11.8. The van der Waals surface area contributed by atoms with Gasteiger partial charge in [-0.15, -0.1) is 0 Å². The molecule has 5 heteroatoms. The number of para-hydroxylation sites is 6. The third-order valence-corrected chi connectivity index (χ3v) is 15.1. The van der Waals surface area contributed by atoms with E-state index in [-0.39, 0.29) is 11.8 Å². The first-order valence-corrected chi connectivity index (χ1v) is 26.0. The lowest BCUT2D eigenvalue weighted by Gasteiger charge is -2.40. The molecule has 1 aromatic heterocycles. The second-order valence-corrected chi connectivity index (χ2v) is 19.4. The molecule has 0 N–H and O–H groups in total. The molecule has 2 aliphatic heterocycles. The minimum atomic E-state index is 0.0222. The lowest BCUT2D eigenvalue weighted by atomic mass is 9.79. The maximum absolute atomic E-state index is 5.75. The van der Waals surface area contributed by atoms with Gasteiger partial charge in [-0.1, -0.05) is 249 Å². The molecule has 0 saturated carbocycles. The van der Waals surface area contributed by atoms with E-state index < -0.39 is 0 Å². The second kappa shape index (κ2) is 19.1. The van der Waals surface area contributed by atoms with Crippen molar-refractivity contribution in [2.45, 2.75) is 11.8 Å². The van der Waals surface area contributed by atoms with Crippen LogP contribution in [0.15, 0.2) is 285 Å². The topological polar surface area (TPSA) is 45.2 Å². The first-order chi connectivity index (χ1) is 37.8. The van der Waals surface area contributed by atoms with Crippen molar-refractivity contribution in [2.24, 2.45) is 0 Å². The Hall–Kier alpha value is -9.97. The van der Waals surface area contributed by atoms with E-state index in [1.165, 1.54) is 33.4 Å². The van der Waals surface area contributed by atoms with Crippen LogP contribution >= 0.6 is 0 Å². The molecule has 0 bridgehead atoms. The Morgan fingerprint density at radius 2 is 0.500 bits per heavy atom. The number of aromatic nitrogens is 3. The summed E-state index contributed by atoms with van der Waals surface area (Å²) in [5.41, 5.74) is 20.7. The molecule has 11 aromatic carbocycles. The first-order valence-electron chi connectivity index (χ1n) is 26.0. The van der Waals surface area contributed by atoms with E-state index in [1.807, 2.05) is 6.07 Å². The molecule has 0 amide bonds. The van der Waals surface area contributed by atoms with Gasteiger partial charge in [0.2, 0.25) is 0 Å². The third-order valence-electron chi connectivity index (χ3n) is 15.1. The lowest BCUT2D eigenvalue weighted by molar-refractivity contribution is 0.938. The summed E-state index contributed by atoms with van der Waals surface area (Å²) < 4.78 is 0. The van der Waals surface area contributed by atoms with Gasteiger partial charge in [-0.05, 0) is 80.9 Å². The predicted molar refractivity (Wildman–Crippen MR) is 311 cm³/mol. The van der Waals surface area contributed by atoms with Gasteiger partial charge >= 0.3 is 0 Å². The summed E-state index contributed by atoms with van der Waals surface area (Å²) >= 11 is 0.